The number of hydrogen-bond acceptors (Lipinski definition) is 6. The molecule has 0 bridgehead atoms. The van der Waals surface area contributed by atoms with Gasteiger partial charge >= 0.3 is 5.97 Å². The highest BCUT2D eigenvalue weighted by Crippen LogP contribution is 2.29. The van der Waals surface area contributed by atoms with Gasteiger partial charge in [0.25, 0.3) is 0 Å². The number of carbonyl (C=O) groups is 1. The Morgan fingerprint density at radius 3 is 2.56 bits per heavy atom. The molecule has 0 amide bonds. The quantitative estimate of drug-likeness (QED) is 0.698. The molecule has 1 aromatic rings. The van der Waals surface area contributed by atoms with Gasteiger partial charge in [-0.15, -0.1) is 0 Å². The Balaban J connectivity index is 2.23. The summed E-state index contributed by atoms with van der Waals surface area (Å²) in [7, 11) is -0.847. The van der Waals surface area contributed by atoms with Crippen LogP contribution >= 0.6 is 0 Å². The Hall–Kier alpha value is -1.48. The van der Waals surface area contributed by atoms with Crippen LogP contribution in [0, 0.1) is 12.3 Å². The van der Waals surface area contributed by atoms with Crippen LogP contribution in [0.25, 0.3) is 0 Å². The van der Waals surface area contributed by atoms with Gasteiger partial charge in [-0.05, 0) is 50.6 Å². The zero-order valence-electron chi connectivity index (χ0n) is 14.9. The molecule has 1 aliphatic heterocycles. The second-order valence-electron chi connectivity index (χ2n) is 6.43. The van der Waals surface area contributed by atoms with Crippen LogP contribution in [0.3, 0.4) is 0 Å². The highest BCUT2D eigenvalue weighted by molar-refractivity contribution is 7.89. The Morgan fingerprint density at radius 2 is 1.96 bits per heavy atom. The Kier molecular flexibility index (Phi) is 6.56. The maximum Gasteiger partial charge on any atom is 0.338 e. The molecule has 1 fully saturated rings. The minimum atomic E-state index is -3.74. The number of hydrogen-bond donors (Lipinski definition) is 2. The Morgan fingerprint density at radius 1 is 1.28 bits per heavy atom. The topological polar surface area (TPSA) is 93.7 Å². The van der Waals surface area contributed by atoms with Crippen LogP contribution in [0.1, 0.15) is 28.8 Å². The number of methoxy groups -OCH3 is 2. The molecule has 0 unspecified atom stereocenters. The molecule has 0 spiro atoms. The number of ether oxygens (including phenoxy) is 2. The number of nitrogens with one attached hydrogen (secondary N) is 2. The largest absolute Gasteiger partial charge is 0.465 e. The normalized spacial score (nSPS) is 17.2. The van der Waals surface area contributed by atoms with E-state index in [2.05, 4.69) is 10.0 Å². The number of carbonyl (C=O) groups excluding carboxylic acids is 1. The molecule has 1 aromatic carbocycles. The van der Waals surface area contributed by atoms with Crippen LogP contribution in [-0.2, 0) is 19.5 Å². The molecule has 0 aliphatic carbocycles. The van der Waals surface area contributed by atoms with E-state index in [-0.39, 0.29) is 15.9 Å². The number of benzene rings is 1. The van der Waals surface area contributed by atoms with Crippen molar-refractivity contribution in [1.29, 1.82) is 0 Å². The van der Waals surface area contributed by atoms with E-state index in [4.69, 9.17) is 9.47 Å². The third-order valence-electron chi connectivity index (χ3n) is 4.73. The summed E-state index contributed by atoms with van der Waals surface area (Å²) >= 11 is 0. The lowest BCUT2D eigenvalue weighted by atomic mass is 9.80. The van der Waals surface area contributed by atoms with Crippen molar-refractivity contribution in [2.75, 3.05) is 40.5 Å². The van der Waals surface area contributed by atoms with Gasteiger partial charge in [-0.3, -0.25) is 0 Å². The van der Waals surface area contributed by atoms with Crippen molar-refractivity contribution in [3.8, 4) is 0 Å². The molecule has 2 rings (SSSR count). The minimum absolute atomic E-state index is 0.0944. The first kappa shape index (κ1) is 19.8. The molecule has 0 aromatic heterocycles. The van der Waals surface area contributed by atoms with Gasteiger partial charge in [-0.1, -0.05) is 6.07 Å². The zero-order valence-corrected chi connectivity index (χ0v) is 15.7. The van der Waals surface area contributed by atoms with E-state index in [1.807, 2.05) is 0 Å². The van der Waals surface area contributed by atoms with Crippen LogP contribution in [0.4, 0.5) is 0 Å². The fraction of sp³-hybridized carbons (Fsp3) is 0.588. The molecular formula is C17H26N2O5S. The fourth-order valence-electron chi connectivity index (χ4n) is 3.20. The summed E-state index contributed by atoms with van der Waals surface area (Å²) in [5, 5.41) is 3.28. The lowest BCUT2D eigenvalue weighted by Crippen LogP contribution is -2.47. The Bertz CT molecular complexity index is 706. The van der Waals surface area contributed by atoms with Gasteiger partial charge in [0.1, 0.15) is 0 Å². The van der Waals surface area contributed by atoms with Crippen molar-refractivity contribution in [2.45, 2.75) is 24.7 Å². The molecule has 0 atom stereocenters. The van der Waals surface area contributed by atoms with Crippen molar-refractivity contribution in [2.24, 2.45) is 5.41 Å². The van der Waals surface area contributed by atoms with Crippen molar-refractivity contribution in [1.82, 2.24) is 10.0 Å². The molecule has 1 aliphatic rings. The predicted molar refractivity (Wildman–Crippen MR) is 94.1 cm³/mol. The summed E-state index contributed by atoms with van der Waals surface area (Å²) in [6.07, 6.45) is 1.68. The molecule has 1 heterocycles. The van der Waals surface area contributed by atoms with Crippen LogP contribution in [0.15, 0.2) is 23.1 Å². The summed E-state index contributed by atoms with van der Waals surface area (Å²) in [6.45, 7) is 4.07. The molecule has 0 radical (unpaired) electrons. The van der Waals surface area contributed by atoms with Gasteiger partial charge in [-0.25, -0.2) is 17.9 Å². The molecule has 140 valence electrons. The predicted octanol–water partition coefficient (Wildman–Crippen LogP) is 1.08. The smallest absolute Gasteiger partial charge is 0.338 e. The van der Waals surface area contributed by atoms with E-state index in [1.165, 1.54) is 13.2 Å². The maximum absolute atomic E-state index is 12.8. The van der Waals surface area contributed by atoms with Gasteiger partial charge in [-0.2, -0.15) is 0 Å². The first-order valence-corrected chi connectivity index (χ1v) is 9.71. The van der Waals surface area contributed by atoms with Gasteiger partial charge < -0.3 is 14.8 Å². The van der Waals surface area contributed by atoms with Crippen molar-refractivity contribution < 1.29 is 22.7 Å². The molecule has 8 heteroatoms. The average molecular weight is 370 g/mol. The lowest BCUT2D eigenvalue weighted by molar-refractivity contribution is 0.0577. The second-order valence-corrected chi connectivity index (χ2v) is 8.16. The van der Waals surface area contributed by atoms with Crippen LogP contribution in [0.5, 0.6) is 0 Å². The molecule has 25 heavy (non-hydrogen) atoms. The second kappa shape index (κ2) is 8.27. The highest BCUT2D eigenvalue weighted by Gasteiger charge is 2.34. The summed E-state index contributed by atoms with van der Waals surface area (Å²) in [5.41, 5.74) is 0.410. The van der Waals surface area contributed by atoms with Gasteiger partial charge in [0.2, 0.25) is 10.0 Å². The number of sulfonamides is 1. The SMILES string of the molecule is COCC1(CNS(=O)(=O)c2cccc(C(=O)OC)c2C)CCNCC1. The van der Waals surface area contributed by atoms with Crippen molar-refractivity contribution in [3.05, 3.63) is 29.3 Å². The monoisotopic (exact) mass is 370 g/mol. The summed E-state index contributed by atoms with van der Waals surface area (Å²) < 4.78 is 38.3. The molecular weight excluding hydrogens is 344 g/mol. The Labute approximate surface area is 149 Å². The number of piperidine rings is 1. The minimum Gasteiger partial charge on any atom is -0.465 e. The standard InChI is InChI=1S/C17H26N2O5S/c1-13-14(16(20)24-3)5-4-6-15(13)25(21,22)19-11-17(12-23-2)7-9-18-10-8-17/h4-6,18-19H,7-12H2,1-3H3. The number of rotatable bonds is 7. The van der Waals surface area contributed by atoms with Gasteiger partial charge in [0.15, 0.2) is 0 Å². The summed E-state index contributed by atoms with van der Waals surface area (Å²) in [5.74, 6) is -0.552. The van der Waals surface area contributed by atoms with Gasteiger partial charge in [0, 0.05) is 19.1 Å². The third kappa shape index (κ3) is 4.58. The van der Waals surface area contributed by atoms with E-state index < -0.39 is 16.0 Å². The lowest BCUT2D eigenvalue weighted by Gasteiger charge is -2.37. The molecule has 7 nitrogen and oxygen atoms in total. The van der Waals surface area contributed by atoms with E-state index in [1.54, 1.807) is 26.2 Å². The van der Waals surface area contributed by atoms with E-state index in [0.29, 0.717) is 18.7 Å². The zero-order chi connectivity index (χ0) is 18.5. The third-order valence-corrected chi connectivity index (χ3v) is 6.28. The van der Waals surface area contributed by atoms with Crippen LogP contribution < -0.4 is 10.0 Å². The van der Waals surface area contributed by atoms with E-state index in [9.17, 15) is 13.2 Å². The van der Waals surface area contributed by atoms with Crippen molar-refractivity contribution in [3.63, 3.8) is 0 Å². The average Bonchev–Trinajstić information content (AvgIpc) is 2.61. The first-order valence-electron chi connectivity index (χ1n) is 8.22. The first-order chi connectivity index (χ1) is 11.9. The van der Waals surface area contributed by atoms with Crippen molar-refractivity contribution >= 4 is 16.0 Å². The summed E-state index contributed by atoms with van der Waals surface area (Å²) in [4.78, 5) is 11.9. The molecule has 2 N–H and O–H groups in total. The highest BCUT2D eigenvalue weighted by atomic mass is 32.2. The summed E-state index contributed by atoms with van der Waals surface area (Å²) in [6, 6.07) is 4.60. The van der Waals surface area contributed by atoms with Crippen LogP contribution in [0.2, 0.25) is 0 Å². The van der Waals surface area contributed by atoms with Gasteiger partial charge in [0.05, 0.1) is 24.2 Å². The maximum atomic E-state index is 12.8. The number of esters is 1. The van der Waals surface area contributed by atoms with Crippen LogP contribution in [-0.4, -0.2) is 54.8 Å². The van der Waals surface area contributed by atoms with E-state index in [0.717, 1.165) is 25.9 Å². The molecule has 1 saturated heterocycles. The fourth-order valence-corrected chi connectivity index (χ4v) is 4.62. The molecule has 0 saturated carbocycles. The van der Waals surface area contributed by atoms with E-state index >= 15 is 0 Å².